The third-order valence-corrected chi connectivity index (χ3v) is 4.95. The fourth-order valence-electron chi connectivity index (χ4n) is 2.62. The second-order valence-electron chi connectivity index (χ2n) is 5.71. The number of aromatic nitrogens is 3. The van der Waals surface area contributed by atoms with E-state index in [9.17, 15) is 21.6 Å². The first-order chi connectivity index (χ1) is 12.1. The topological polar surface area (TPSA) is 64.8 Å². The number of nitrogens with zero attached hydrogens (tertiary/aromatic N) is 3. The molecule has 0 aliphatic rings. The highest BCUT2D eigenvalue weighted by Gasteiger charge is 2.38. The van der Waals surface area contributed by atoms with Crippen LogP contribution in [0.15, 0.2) is 53.7 Å². The van der Waals surface area contributed by atoms with Crippen molar-refractivity contribution in [2.45, 2.75) is 18.0 Å². The van der Waals surface area contributed by atoms with E-state index in [2.05, 4.69) is 9.97 Å². The maximum absolute atomic E-state index is 13.3. The maximum Gasteiger partial charge on any atom is 0.435 e. The van der Waals surface area contributed by atoms with E-state index in [0.29, 0.717) is 11.3 Å². The average Bonchev–Trinajstić information content (AvgIpc) is 2.92. The van der Waals surface area contributed by atoms with E-state index in [4.69, 9.17) is 0 Å². The summed E-state index contributed by atoms with van der Waals surface area (Å²) in [4.78, 5) is 7.79. The second kappa shape index (κ2) is 6.24. The average molecular weight is 381 g/mol. The first-order valence-corrected chi connectivity index (χ1v) is 9.35. The van der Waals surface area contributed by atoms with Gasteiger partial charge in [0.15, 0.2) is 15.5 Å². The molecule has 0 bridgehead atoms. The van der Waals surface area contributed by atoms with Crippen molar-refractivity contribution in [2.75, 3.05) is 6.26 Å². The Balaban J connectivity index is 2.24. The van der Waals surface area contributed by atoms with Crippen molar-refractivity contribution >= 4 is 9.84 Å². The van der Waals surface area contributed by atoms with Gasteiger partial charge in [-0.25, -0.2) is 13.4 Å². The van der Waals surface area contributed by atoms with Gasteiger partial charge in [-0.2, -0.15) is 13.2 Å². The molecule has 3 aromatic rings. The summed E-state index contributed by atoms with van der Waals surface area (Å²) in [5.74, 6) is 0.0787. The molecule has 1 aromatic carbocycles. The normalized spacial score (nSPS) is 12.3. The summed E-state index contributed by atoms with van der Waals surface area (Å²) in [5.41, 5.74) is -0.304. The number of rotatable bonds is 3. The van der Waals surface area contributed by atoms with E-state index in [1.165, 1.54) is 48.1 Å². The molecule has 0 radical (unpaired) electrons. The lowest BCUT2D eigenvalue weighted by Gasteiger charge is -2.11. The minimum absolute atomic E-state index is 0.0787. The summed E-state index contributed by atoms with van der Waals surface area (Å²) in [6.07, 6.45) is -0.620. The largest absolute Gasteiger partial charge is 0.435 e. The predicted octanol–water partition coefficient (Wildman–Crippen LogP) is 3.67. The number of halogens is 3. The number of pyridine rings is 1. The first kappa shape index (κ1) is 18.1. The third kappa shape index (κ3) is 3.34. The van der Waals surface area contributed by atoms with Crippen molar-refractivity contribution in [1.82, 2.24) is 14.5 Å². The monoisotopic (exact) mass is 381 g/mol. The van der Waals surface area contributed by atoms with E-state index >= 15 is 0 Å². The number of alkyl halides is 3. The van der Waals surface area contributed by atoms with Crippen LogP contribution in [0.4, 0.5) is 13.2 Å². The Labute approximate surface area is 148 Å². The van der Waals surface area contributed by atoms with Crippen LogP contribution >= 0.6 is 0 Å². The number of hydrogen-bond donors (Lipinski definition) is 0. The zero-order valence-corrected chi connectivity index (χ0v) is 14.6. The van der Waals surface area contributed by atoms with E-state index in [0.717, 1.165) is 6.26 Å². The molecule has 26 heavy (non-hydrogen) atoms. The molecular weight excluding hydrogens is 367 g/mol. The smallest absolute Gasteiger partial charge is 0.296 e. The predicted molar refractivity (Wildman–Crippen MR) is 89.6 cm³/mol. The molecule has 0 saturated carbocycles. The minimum atomic E-state index is -4.61. The number of sulfone groups is 1. The molecule has 0 amide bonds. The molecule has 0 aliphatic carbocycles. The van der Waals surface area contributed by atoms with Crippen LogP contribution < -0.4 is 0 Å². The standard InChI is InChI=1S/C17H14F3N3O2S/c1-11-15(17(18,19)20)22-16(12-4-3-9-21-10-12)23(11)13-5-7-14(8-6-13)26(2,24)25/h3-10H,1-2H3. The lowest BCUT2D eigenvalue weighted by molar-refractivity contribution is -0.141. The molecule has 5 nitrogen and oxygen atoms in total. The lowest BCUT2D eigenvalue weighted by atomic mass is 10.2. The zero-order chi connectivity index (χ0) is 19.1. The Morgan fingerprint density at radius 3 is 2.23 bits per heavy atom. The highest BCUT2D eigenvalue weighted by Crippen LogP contribution is 2.35. The lowest BCUT2D eigenvalue weighted by Crippen LogP contribution is -2.08. The van der Waals surface area contributed by atoms with Crippen molar-refractivity contribution in [3.63, 3.8) is 0 Å². The molecule has 0 saturated heterocycles. The summed E-state index contributed by atoms with van der Waals surface area (Å²) in [5, 5.41) is 0. The Hall–Kier alpha value is -2.68. The molecule has 2 heterocycles. The zero-order valence-electron chi connectivity index (χ0n) is 13.8. The van der Waals surface area contributed by atoms with Crippen LogP contribution in [0.2, 0.25) is 0 Å². The fraction of sp³-hybridized carbons (Fsp3) is 0.176. The van der Waals surface area contributed by atoms with Gasteiger partial charge in [0.05, 0.1) is 10.6 Å². The molecule has 136 valence electrons. The van der Waals surface area contributed by atoms with Crippen LogP contribution in [0.5, 0.6) is 0 Å². The van der Waals surface area contributed by atoms with Crippen molar-refractivity contribution in [2.24, 2.45) is 0 Å². The quantitative estimate of drug-likeness (QED) is 0.695. The van der Waals surface area contributed by atoms with E-state index in [1.807, 2.05) is 0 Å². The summed E-state index contributed by atoms with van der Waals surface area (Å²) in [6.45, 7) is 1.32. The molecular formula is C17H14F3N3O2S. The van der Waals surface area contributed by atoms with Crippen LogP contribution in [-0.2, 0) is 16.0 Å². The summed E-state index contributed by atoms with van der Waals surface area (Å²) < 4.78 is 64.5. The Morgan fingerprint density at radius 1 is 1.08 bits per heavy atom. The van der Waals surface area contributed by atoms with Gasteiger partial charge in [-0.1, -0.05) is 0 Å². The van der Waals surface area contributed by atoms with Crippen molar-refractivity contribution in [3.8, 4) is 17.1 Å². The second-order valence-corrected chi connectivity index (χ2v) is 7.73. The van der Waals surface area contributed by atoms with Crippen molar-refractivity contribution in [1.29, 1.82) is 0 Å². The van der Waals surface area contributed by atoms with E-state index in [-0.39, 0.29) is 16.4 Å². The van der Waals surface area contributed by atoms with Crippen LogP contribution in [-0.4, -0.2) is 29.2 Å². The molecule has 0 spiro atoms. The third-order valence-electron chi connectivity index (χ3n) is 3.82. The molecule has 2 aromatic heterocycles. The number of imidazole rings is 1. The van der Waals surface area contributed by atoms with Crippen molar-refractivity contribution in [3.05, 3.63) is 60.2 Å². The van der Waals surface area contributed by atoms with Gasteiger partial charge < -0.3 is 0 Å². The number of benzene rings is 1. The van der Waals surface area contributed by atoms with Crippen LogP contribution in [0.25, 0.3) is 17.1 Å². The van der Waals surface area contributed by atoms with Crippen LogP contribution in [0, 0.1) is 6.92 Å². The van der Waals surface area contributed by atoms with Gasteiger partial charge in [-0.15, -0.1) is 0 Å². The maximum atomic E-state index is 13.3. The van der Waals surface area contributed by atoms with Gasteiger partial charge in [-0.05, 0) is 43.3 Å². The summed E-state index contributed by atoms with van der Waals surface area (Å²) in [7, 11) is -3.41. The van der Waals surface area contributed by atoms with Gasteiger partial charge in [-0.3, -0.25) is 9.55 Å². The SMILES string of the molecule is Cc1c(C(F)(F)F)nc(-c2cccnc2)n1-c1ccc(S(C)(=O)=O)cc1. The van der Waals surface area contributed by atoms with Gasteiger partial charge in [0.25, 0.3) is 0 Å². The summed E-state index contributed by atoms with van der Waals surface area (Å²) >= 11 is 0. The molecule has 0 unspecified atom stereocenters. The molecule has 0 N–H and O–H groups in total. The Bertz CT molecular complexity index is 1040. The summed E-state index contributed by atoms with van der Waals surface area (Å²) in [6, 6.07) is 8.81. The minimum Gasteiger partial charge on any atom is -0.296 e. The van der Waals surface area contributed by atoms with Gasteiger partial charge in [0, 0.05) is 29.9 Å². The molecule has 0 atom stereocenters. The molecule has 9 heteroatoms. The number of hydrogen-bond acceptors (Lipinski definition) is 4. The fourth-order valence-corrected chi connectivity index (χ4v) is 3.25. The highest BCUT2D eigenvalue weighted by molar-refractivity contribution is 7.90. The van der Waals surface area contributed by atoms with Gasteiger partial charge >= 0.3 is 6.18 Å². The highest BCUT2D eigenvalue weighted by atomic mass is 32.2. The molecule has 0 aliphatic heterocycles. The Morgan fingerprint density at radius 2 is 1.73 bits per heavy atom. The van der Waals surface area contributed by atoms with Gasteiger partial charge in [0.1, 0.15) is 5.82 Å². The van der Waals surface area contributed by atoms with E-state index in [1.54, 1.807) is 12.1 Å². The van der Waals surface area contributed by atoms with Gasteiger partial charge in [0.2, 0.25) is 0 Å². The van der Waals surface area contributed by atoms with Crippen molar-refractivity contribution < 1.29 is 21.6 Å². The Kier molecular flexibility index (Phi) is 4.35. The molecule has 3 rings (SSSR count). The van der Waals surface area contributed by atoms with Crippen LogP contribution in [0.1, 0.15) is 11.4 Å². The van der Waals surface area contributed by atoms with E-state index < -0.39 is 21.7 Å². The first-order valence-electron chi connectivity index (χ1n) is 7.46. The molecule has 0 fully saturated rings. The van der Waals surface area contributed by atoms with Crippen LogP contribution in [0.3, 0.4) is 0 Å².